The van der Waals surface area contributed by atoms with Gasteiger partial charge < -0.3 is 5.32 Å². The molecule has 4 amide bonds. The zero-order chi connectivity index (χ0) is 19.0. The van der Waals surface area contributed by atoms with Gasteiger partial charge in [0.05, 0.1) is 4.90 Å². The van der Waals surface area contributed by atoms with Gasteiger partial charge in [0, 0.05) is 18.3 Å². The summed E-state index contributed by atoms with van der Waals surface area (Å²) in [6.45, 7) is 1.52. The molecule has 0 atom stereocenters. The molecule has 1 aromatic carbocycles. The number of anilines is 1. The fourth-order valence-electron chi connectivity index (χ4n) is 1.46. The average Bonchev–Trinajstić information content (AvgIpc) is 2.54. The quantitative estimate of drug-likeness (QED) is 0.417. The minimum absolute atomic E-state index is 0.0542. The second-order valence-electron chi connectivity index (χ2n) is 4.57. The van der Waals surface area contributed by atoms with Gasteiger partial charge in [-0.3, -0.25) is 20.2 Å². The Morgan fingerprint density at radius 2 is 1.80 bits per heavy atom. The molecule has 10 nitrogen and oxygen atoms in total. The molecule has 0 aliphatic rings. The maximum atomic E-state index is 11.8. The molecule has 1 aromatic rings. The van der Waals surface area contributed by atoms with Crippen molar-refractivity contribution < 1.29 is 22.8 Å². The van der Waals surface area contributed by atoms with Crippen LogP contribution in [0, 0.1) is 11.3 Å². The molecule has 25 heavy (non-hydrogen) atoms. The maximum absolute atomic E-state index is 11.8. The van der Waals surface area contributed by atoms with Crippen LogP contribution in [-0.2, 0) is 19.6 Å². The lowest BCUT2D eigenvalue weighted by Gasteiger charge is -2.05. The molecule has 0 saturated heterocycles. The third kappa shape index (κ3) is 6.42. The first-order valence-electron chi connectivity index (χ1n) is 6.82. The average molecular weight is 365 g/mol. The van der Waals surface area contributed by atoms with E-state index in [2.05, 4.69) is 5.32 Å². The Balaban J connectivity index is 2.76. The van der Waals surface area contributed by atoms with E-state index < -0.39 is 33.4 Å². The molecule has 5 N–H and O–H groups in total. The van der Waals surface area contributed by atoms with Gasteiger partial charge in [0.2, 0.25) is 15.9 Å². The summed E-state index contributed by atoms with van der Waals surface area (Å²) >= 11 is 0. The maximum Gasteiger partial charge on any atom is 0.328 e. The van der Waals surface area contributed by atoms with Gasteiger partial charge in [-0.05, 0) is 24.3 Å². The Bertz CT molecular complexity index is 853. The fraction of sp³-hybridized carbons (Fsp3) is 0.143. The predicted octanol–water partition coefficient (Wildman–Crippen LogP) is -0.0842. The summed E-state index contributed by atoms with van der Waals surface area (Å²) < 4.78 is 22.3. The molecule has 0 heterocycles. The zero-order valence-corrected chi connectivity index (χ0v) is 13.9. The first-order chi connectivity index (χ1) is 11.7. The van der Waals surface area contributed by atoms with Gasteiger partial charge in [0.25, 0.3) is 5.91 Å². The van der Waals surface area contributed by atoms with Crippen molar-refractivity contribution in [1.82, 2.24) is 10.6 Å². The lowest BCUT2D eigenvalue weighted by Crippen LogP contribution is -2.42. The van der Waals surface area contributed by atoms with Crippen molar-refractivity contribution >= 4 is 33.6 Å². The van der Waals surface area contributed by atoms with E-state index in [1.54, 1.807) is 6.07 Å². The molecule has 0 aromatic heterocycles. The third-order valence-electron chi connectivity index (χ3n) is 2.73. The summed E-state index contributed by atoms with van der Waals surface area (Å²) in [5.74, 6) is -1.60. The molecular weight excluding hydrogens is 350 g/mol. The van der Waals surface area contributed by atoms with Crippen LogP contribution in [-0.4, -0.2) is 26.3 Å². The molecule has 0 fully saturated rings. The van der Waals surface area contributed by atoms with Crippen molar-refractivity contribution in [2.24, 2.45) is 5.14 Å². The van der Waals surface area contributed by atoms with Crippen LogP contribution in [0.5, 0.6) is 0 Å². The number of amides is 4. The molecule has 11 heteroatoms. The van der Waals surface area contributed by atoms with Crippen molar-refractivity contribution in [1.29, 1.82) is 5.26 Å². The summed E-state index contributed by atoms with van der Waals surface area (Å²) in [4.78, 5) is 34.0. The number of benzene rings is 1. The number of nitriles is 1. The minimum atomic E-state index is -3.83. The molecule has 0 radical (unpaired) electrons. The third-order valence-corrected chi connectivity index (χ3v) is 3.66. The SMILES string of the molecule is CCC(=O)NC(=O)NC(=O)C(C#N)=CNc1ccc(S(N)(=O)=O)cc1. The van der Waals surface area contributed by atoms with E-state index in [-0.39, 0.29) is 11.3 Å². The Kier molecular flexibility index (Phi) is 6.80. The molecular formula is C14H15N5O5S. The zero-order valence-electron chi connectivity index (χ0n) is 13.1. The van der Waals surface area contributed by atoms with Gasteiger partial charge >= 0.3 is 6.03 Å². The Morgan fingerprint density at radius 3 is 2.28 bits per heavy atom. The van der Waals surface area contributed by atoms with Gasteiger partial charge in [0.15, 0.2) is 0 Å². The van der Waals surface area contributed by atoms with Gasteiger partial charge in [-0.15, -0.1) is 0 Å². The first-order valence-corrected chi connectivity index (χ1v) is 8.36. The highest BCUT2D eigenvalue weighted by atomic mass is 32.2. The van der Waals surface area contributed by atoms with Gasteiger partial charge in [0.1, 0.15) is 11.6 Å². The number of nitrogens with zero attached hydrogens (tertiary/aromatic N) is 1. The van der Waals surface area contributed by atoms with E-state index in [0.717, 1.165) is 6.20 Å². The second kappa shape index (κ2) is 8.57. The number of hydrogen-bond donors (Lipinski definition) is 4. The van der Waals surface area contributed by atoms with Crippen molar-refractivity contribution in [3.63, 3.8) is 0 Å². The Labute approximate surface area is 143 Å². The van der Waals surface area contributed by atoms with E-state index in [9.17, 15) is 22.8 Å². The van der Waals surface area contributed by atoms with Gasteiger partial charge in [-0.25, -0.2) is 18.4 Å². The van der Waals surface area contributed by atoms with Crippen LogP contribution < -0.4 is 21.1 Å². The summed E-state index contributed by atoms with van der Waals surface area (Å²) in [5.41, 5.74) is -0.0619. The number of nitrogens with two attached hydrogens (primary N) is 1. The molecule has 0 bridgehead atoms. The number of primary sulfonamides is 1. The number of carbonyl (C=O) groups is 3. The highest BCUT2D eigenvalue weighted by Crippen LogP contribution is 2.13. The topological polar surface area (TPSA) is 171 Å². The van der Waals surface area contributed by atoms with E-state index in [0.29, 0.717) is 5.69 Å². The number of imide groups is 2. The number of hydrogen-bond acceptors (Lipinski definition) is 7. The van der Waals surface area contributed by atoms with Crippen molar-refractivity contribution in [2.45, 2.75) is 18.2 Å². The standard InChI is InChI=1S/C14H15N5O5S/c1-2-12(20)18-14(22)19-13(21)9(7-15)8-17-10-3-5-11(6-4-10)25(16,23)24/h3-6,8,17H,2H2,1H3,(H2,16,23,24)(H2,18,19,20,21,22). The van der Waals surface area contributed by atoms with Crippen LogP contribution >= 0.6 is 0 Å². The van der Waals surface area contributed by atoms with Crippen LogP contribution in [0.2, 0.25) is 0 Å². The van der Waals surface area contributed by atoms with Crippen molar-refractivity contribution in [3.05, 3.63) is 36.0 Å². The fourth-order valence-corrected chi connectivity index (χ4v) is 1.98. The molecule has 1 rings (SSSR count). The summed E-state index contributed by atoms with van der Waals surface area (Å²) in [7, 11) is -3.83. The highest BCUT2D eigenvalue weighted by molar-refractivity contribution is 7.89. The summed E-state index contributed by atoms with van der Waals surface area (Å²) in [6.07, 6.45) is 1.08. The van der Waals surface area contributed by atoms with Gasteiger partial charge in [-0.2, -0.15) is 5.26 Å². The highest BCUT2D eigenvalue weighted by Gasteiger charge is 2.14. The molecule has 0 aliphatic carbocycles. The lowest BCUT2D eigenvalue weighted by atomic mass is 10.3. The van der Waals surface area contributed by atoms with Crippen LogP contribution in [0.4, 0.5) is 10.5 Å². The summed E-state index contributed by atoms with van der Waals surface area (Å²) in [5, 5.41) is 20.2. The van der Waals surface area contributed by atoms with Crippen molar-refractivity contribution in [2.75, 3.05) is 5.32 Å². The van der Waals surface area contributed by atoms with E-state index in [1.807, 2.05) is 10.6 Å². The minimum Gasteiger partial charge on any atom is -0.360 e. The van der Waals surface area contributed by atoms with Gasteiger partial charge in [-0.1, -0.05) is 6.92 Å². The molecule has 0 unspecified atom stereocenters. The number of rotatable bonds is 5. The van der Waals surface area contributed by atoms with E-state index in [4.69, 9.17) is 10.4 Å². The van der Waals surface area contributed by atoms with E-state index in [1.165, 1.54) is 31.2 Å². The molecule has 0 spiro atoms. The number of sulfonamides is 1. The van der Waals surface area contributed by atoms with E-state index >= 15 is 0 Å². The second-order valence-corrected chi connectivity index (χ2v) is 6.13. The molecule has 132 valence electrons. The largest absolute Gasteiger partial charge is 0.360 e. The summed E-state index contributed by atoms with van der Waals surface area (Å²) in [6, 6.07) is 5.76. The van der Waals surface area contributed by atoms with Crippen molar-refractivity contribution in [3.8, 4) is 6.07 Å². The number of carbonyl (C=O) groups excluding carboxylic acids is 3. The normalized spacial score (nSPS) is 11.2. The Morgan fingerprint density at radius 1 is 1.20 bits per heavy atom. The van der Waals surface area contributed by atoms with Crippen LogP contribution in [0.25, 0.3) is 0 Å². The molecule has 0 aliphatic heterocycles. The molecule has 0 saturated carbocycles. The van der Waals surface area contributed by atoms with Crippen LogP contribution in [0.15, 0.2) is 40.9 Å². The van der Waals surface area contributed by atoms with Crippen LogP contribution in [0.3, 0.4) is 0 Å². The smallest absolute Gasteiger partial charge is 0.328 e. The van der Waals surface area contributed by atoms with Crippen LogP contribution in [0.1, 0.15) is 13.3 Å². The Hall–Kier alpha value is -3.23. The first kappa shape index (κ1) is 19.8. The monoisotopic (exact) mass is 365 g/mol. The number of nitrogens with one attached hydrogen (secondary N) is 3. The number of urea groups is 1. The predicted molar refractivity (Wildman–Crippen MR) is 87.1 cm³/mol. The lowest BCUT2D eigenvalue weighted by molar-refractivity contribution is -0.119.